The molecule has 7 fully saturated rings. The van der Waals surface area contributed by atoms with Crippen LogP contribution in [0.1, 0.15) is 381 Å². The van der Waals surface area contributed by atoms with Crippen molar-refractivity contribution in [3.63, 3.8) is 0 Å². The van der Waals surface area contributed by atoms with Crippen molar-refractivity contribution in [1.29, 1.82) is 0 Å². The van der Waals surface area contributed by atoms with E-state index in [-0.39, 0.29) is 62.1 Å². The second-order valence-corrected chi connectivity index (χ2v) is 45.2. The van der Waals surface area contributed by atoms with Gasteiger partial charge in [-0.1, -0.05) is 138 Å². The Bertz CT molecular complexity index is 4270. The van der Waals surface area contributed by atoms with Gasteiger partial charge in [-0.3, -0.25) is 28.8 Å². The zero-order chi connectivity index (χ0) is 94.6. The van der Waals surface area contributed by atoms with Crippen LogP contribution in [0.5, 0.6) is 0 Å². The Hall–Kier alpha value is -8.14. The van der Waals surface area contributed by atoms with Crippen LogP contribution in [0, 0.1) is 71.0 Å². The average Bonchev–Trinajstić information content (AvgIpc) is 0.824. The molecular formula is C107H167N15O7. The molecular weight excluding hydrogens is 1610 g/mol. The van der Waals surface area contributed by atoms with Gasteiger partial charge >= 0.3 is 0 Å². The molecule has 7 heterocycles. The number of ketones is 3. The highest BCUT2D eigenvalue weighted by Crippen LogP contribution is 2.40. The van der Waals surface area contributed by atoms with Gasteiger partial charge in [0.15, 0.2) is 0 Å². The largest absolute Gasteiger partial charge is 0.378 e. The minimum atomic E-state index is -0.138. The lowest BCUT2D eigenvalue weighted by Crippen LogP contribution is -2.44. The summed E-state index contributed by atoms with van der Waals surface area (Å²) in [5.41, 5.74) is 19.3. The van der Waals surface area contributed by atoms with Gasteiger partial charge in [0, 0.05) is 176 Å². The first kappa shape index (κ1) is 106. The molecule has 0 radical (unpaired) electrons. The number of primary amides is 1. The maximum absolute atomic E-state index is 12.6. The van der Waals surface area contributed by atoms with E-state index in [1.165, 1.54) is 0 Å². The predicted molar refractivity (Wildman–Crippen MR) is 516 cm³/mol. The highest BCUT2D eigenvalue weighted by Gasteiger charge is 2.35. The van der Waals surface area contributed by atoms with Crippen molar-refractivity contribution in [3.8, 4) is 0 Å². The second-order valence-electron chi connectivity index (χ2n) is 45.2. The van der Waals surface area contributed by atoms with Gasteiger partial charge in [-0.15, -0.1) is 0 Å². The van der Waals surface area contributed by atoms with Crippen molar-refractivity contribution in [3.05, 3.63) is 143 Å². The first-order valence-electron chi connectivity index (χ1n) is 49.5. The van der Waals surface area contributed by atoms with E-state index < -0.39 is 0 Å². The van der Waals surface area contributed by atoms with Gasteiger partial charge in [0.05, 0.1) is 13.2 Å². The summed E-state index contributed by atoms with van der Waals surface area (Å²) >= 11 is 0. The van der Waals surface area contributed by atoms with E-state index in [2.05, 4.69) is 221 Å². The Morgan fingerprint density at radius 3 is 0.729 bits per heavy atom. The van der Waals surface area contributed by atoms with E-state index in [0.717, 1.165) is 274 Å². The van der Waals surface area contributed by atoms with E-state index in [1.807, 2.05) is 32.8 Å². The average molecular weight is 1780 g/mol. The lowest BCUT2D eigenvalue weighted by atomic mass is 9.77. The molecule has 2 N–H and O–H groups in total. The molecule has 712 valence electrons. The van der Waals surface area contributed by atoms with Gasteiger partial charge in [-0.25, -0.2) is 59.8 Å². The van der Waals surface area contributed by atoms with E-state index in [0.29, 0.717) is 103 Å². The molecule has 0 spiro atoms. The third-order valence-corrected chi connectivity index (χ3v) is 28.1. The summed E-state index contributed by atoms with van der Waals surface area (Å²) in [7, 11) is 3.70. The Morgan fingerprint density at radius 1 is 0.318 bits per heavy atom. The second kappa shape index (κ2) is 49.6. The molecule has 0 unspecified atom stereocenters. The summed E-state index contributed by atoms with van der Waals surface area (Å²) in [6.07, 6.45) is 43.4. The normalized spacial score (nSPS) is 23.5. The fourth-order valence-corrected chi connectivity index (χ4v) is 19.3. The molecule has 1 aliphatic heterocycles. The van der Waals surface area contributed by atoms with Crippen LogP contribution < -0.4 is 5.73 Å². The van der Waals surface area contributed by atoms with Gasteiger partial charge in [0.2, 0.25) is 17.7 Å². The highest BCUT2D eigenvalue weighted by atomic mass is 16.5. The van der Waals surface area contributed by atoms with Gasteiger partial charge < -0.3 is 20.3 Å². The van der Waals surface area contributed by atoms with Gasteiger partial charge in [-0.2, -0.15) is 0 Å². The molecule has 1 saturated heterocycles. The number of nitrogens with zero attached hydrogens (tertiary/aromatic N) is 14. The van der Waals surface area contributed by atoms with Crippen molar-refractivity contribution in [2.75, 3.05) is 40.4 Å². The van der Waals surface area contributed by atoms with E-state index in [4.69, 9.17) is 10.5 Å². The molecule has 7 aliphatic rings. The number of carbonyl (C=O) groups is 6. The minimum absolute atomic E-state index is 0.0555. The zero-order valence-electron chi connectivity index (χ0n) is 84.0. The summed E-state index contributed by atoms with van der Waals surface area (Å²) in [5, 5.41) is 0. The zero-order valence-corrected chi connectivity index (χ0v) is 84.0. The number of hydrogen-bond acceptors (Lipinski definition) is 19. The van der Waals surface area contributed by atoms with Gasteiger partial charge in [-0.05, 0) is 271 Å². The Balaban J connectivity index is 0.000000192. The number of carbonyl (C=O) groups excluding carboxylic acids is 6. The van der Waals surface area contributed by atoms with E-state index >= 15 is 0 Å². The van der Waals surface area contributed by atoms with Crippen LogP contribution in [-0.2, 0) is 105 Å². The number of hydrogen-bond donors (Lipinski definition) is 1. The molecule has 0 atom stereocenters. The maximum Gasteiger partial charge on any atom is 0.225 e. The minimum Gasteiger partial charge on any atom is -0.378 e. The van der Waals surface area contributed by atoms with Crippen molar-refractivity contribution < 1.29 is 33.5 Å². The SMILES string of the molecule is CC(=O)C1CCC(Cc2cc(C(C)(C)C)ncn2)CC1.CC(C)(C)c1cc(CC2CCC(C(=O)N3CCOCC3)CC2)ncn1.CC(C)(C)c1cc(CC2CCC(C(N)=O)CC2)ncn1.CCC(=O)C1CCC(Cc2cc(C(C)(C)C)ncn2)CC1.CCC(=O)C1CCC(Cc2cc(C(C)(C)C)ncn2)CC1.CN(C)C(=O)C1CCC(Cc2cc(C(C)(C)C)ncn2)CC1. The summed E-state index contributed by atoms with van der Waals surface area (Å²) < 4.78 is 5.35. The lowest BCUT2D eigenvalue weighted by Gasteiger charge is -2.34. The molecule has 6 aromatic heterocycles. The number of Topliss-reactive ketones (excluding diaryl/α,β-unsaturated/α-hetero) is 3. The van der Waals surface area contributed by atoms with Gasteiger partial charge in [0.25, 0.3) is 0 Å². The summed E-state index contributed by atoms with van der Waals surface area (Å²) in [6, 6.07) is 12.9. The van der Waals surface area contributed by atoms with Crippen molar-refractivity contribution >= 4 is 35.1 Å². The molecule has 6 aromatic rings. The van der Waals surface area contributed by atoms with Crippen LogP contribution >= 0.6 is 0 Å². The number of aromatic nitrogens is 12. The quantitative estimate of drug-likeness (QED) is 0.0742. The van der Waals surface area contributed by atoms with Crippen LogP contribution in [0.2, 0.25) is 0 Å². The summed E-state index contributed by atoms with van der Waals surface area (Å²) in [6.45, 7) is 47.8. The summed E-state index contributed by atoms with van der Waals surface area (Å²) in [5.74, 6) is 7.15. The number of amides is 3. The Morgan fingerprint density at radius 2 is 0.527 bits per heavy atom. The standard InChI is InChI=1S/C20H31N3O2.C18H29N3O.2C18H28N2O.C17H26N2O.C16H25N3O/c1-20(2,3)18-13-17(21-14-22-18)12-15-4-6-16(7-5-15)19(24)23-8-10-25-11-9-23;1-18(2,3)16-11-15(19-12-20-16)10-13-6-8-14(9-7-13)17(22)21(4)5;2*1-5-16(21)14-8-6-13(7-9-14)10-15-11-17(18(2,3)4)20-12-19-15;1-12(20)14-7-5-13(6-8-14)9-15-10-16(17(2,3)4)19-11-18-15;1-16(2,3)14-9-13(18-10-19-14)8-11-4-6-12(7-5-11)15(17)20/h13-16H,4-12H2,1-3H3;11-14H,6-10H2,1-5H3;2*11-14H,5-10H2,1-4H3;10-11,13-14H,5-9H2,1-4H3;9-12H,4-8H2,1-3H3,(H2,17,20). The lowest BCUT2D eigenvalue weighted by molar-refractivity contribution is -0.141. The molecule has 13 rings (SSSR count). The first-order chi connectivity index (χ1) is 60.7. The van der Waals surface area contributed by atoms with Crippen molar-refractivity contribution in [1.82, 2.24) is 69.6 Å². The number of morpholine rings is 1. The molecule has 0 bridgehead atoms. The molecule has 6 aliphatic carbocycles. The number of nitrogens with two attached hydrogens (primary N) is 1. The van der Waals surface area contributed by atoms with Crippen LogP contribution in [-0.4, -0.2) is 145 Å². The predicted octanol–water partition coefficient (Wildman–Crippen LogP) is 20.7. The molecule has 0 aromatic carbocycles. The fourth-order valence-electron chi connectivity index (χ4n) is 19.3. The molecule has 3 amide bonds. The number of rotatable bonds is 20. The van der Waals surface area contributed by atoms with Crippen molar-refractivity contribution in [2.45, 2.75) is 383 Å². The maximum atomic E-state index is 12.6. The fraction of sp³-hybridized carbons (Fsp3) is 0.720. The summed E-state index contributed by atoms with van der Waals surface area (Å²) in [4.78, 5) is 127. The Labute approximate surface area is 777 Å². The van der Waals surface area contributed by atoms with Crippen LogP contribution in [0.4, 0.5) is 0 Å². The third-order valence-electron chi connectivity index (χ3n) is 28.1. The molecule has 22 nitrogen and oxygen atoms in total. The van der Waals surface area contributed by atoms with Crippen LogP contribution in [0.25, 0.3) is 0 Å². The topological polar surface area (TPSA) is 299 Å². The van der Waals surface area contributed by atoms with Crippen LogP contribution in [0.3, 0.4) is 0 Å². The Kier molecular flexibility index (Phi) is 40.8. The third kappa shape index (κ3) is 35.7. The molecule has 129 heavy (non-hydrogen) atoms. The monoisotopic (exact) mass is 1770 g/mol. The molecule has 6 saturated carbocycles. The van der Waals surface area contributed by atoms with Gasteiger partial charge in [0.1, 0.15) is 55.3 Å². The highest BCUT2D eigenvalue weighted by molar-refractivity contribution is 5.82. The van der Waals surface area contributed by atoms with E-state index in [9.17, 15) is 28.8 Å². The van der Waals surface area contributed by atoms with Crippen LogP contribution in [0.15, 0.2) is 74.4 Å². The molecule has 22 heteroatoms. The number of ether oxygens (including phenoxy) is 1. The van der Waals surface area contributed by atoms with E-state index in [1.54, 1.807) is 49.8 Å². The first-order valence-corrected chi connectivity index (χ1v) is 49.5. The van der Waals surface area contributed by atoms with Crippen molar-refractivity contribution in [2.24, 2.45) is 76.7 Å². The smallest absolute Gasteiger partial charge is 0.225 e.